The Morgan fingerprint density at radius 3 is 2.59 bits per heavy atom. The number of anilines is 1. The van der Waals surface area contributed by atoms with E-state index in [4.69, 9.17) is 10.5 Å². The van der Waals surface area contributed by atoms with Crippen LogP contribution in [0.4, 0.5) is 5.69 Å². The number of aryl methyl sites for hydroxylation is 1. The number of methoxy groups -OCH3 is 1. The van der Waals surface area contributed by atoms with E-state index < -0.39 is 0 Å². The van der Waals surface area contributed by atoms with E-state index in [9.17, 15) is 0 Å². The third-order valence-electron chi connectivity index (χ3n) is 2.93. The van der Waals surface area contributed by atoms with Gasteiger partial charge in [0.1, 0.15) is 5.75 Å². The lowest BCUT2D eigenvalue weighted by Crippen LogP contribution is -1.96. The van der Waals surface area contributed by atoms with Crippen LogP contribution in [0.3, 0.4) is 0 Å². The molecule has 88 valence electrons. The molecule has 0 aliphatic heterocycles. The molecule has 0 fully saturated rings. The standard InChI is InChI=1S/C15H17NO/c1-11-7-8-12(10-14(11)16)9-13-5-3-4-6-15(13)17-2/h3-8,10H,9,16H2,1-2H3. The quantitative estimate of drug-likeness (QED) is 0.817. The summed E-state index contributed by atoms with van der Waals surface area (Å²) in [5.41, 5.74) is 10.3. The van der Waals surface area contributed by atoms with Crippen LogP contribution in [0, 0.1) is 6.92 Å². The number of hydrogen-bond acceptors (Lipinski definition) is 2. The summed E-state index contributed by atoms with van der Waals surface area (Å²) < 4.78 is 5.34. The van der Waals surface area contributed by atoms with Gasteiger partial charge in [0, 0.05) is 12.1 Å². The zero-order valence-electron chi connectivity index (χ0n) is 10.2. The molecule has 2 heteroatoms. The highest BCUT2D eigenvalue weighted by atomic mass is 16.5. The van der Waals surface area contributed by atoms with Gasteiger partial charge < -0.3 is 10.5 Å². The molecule has 17 heavy (non-hydrogen) atoms. The molecule has 0 saturated carbocycles. The molecule has 0 unspecified atom stereocenters. The first-order valence-electron chi connectivity index (χ1n) is 5.67. The van der Waals surface area contributed by atoms with Crippen molar-refractivity contribution in [2.75, 3.05) is 12.8 Å². The van der Waals surface area contributed by atoms with Crippen molar-refractivity contribution in [1.82, 2.24) is 0 Å². The summed E-state index contributed by atoms with van der Waals surface area (Å²) in [5, 5.41) is 0. The van der Waals surface area contributed by atoms with Gasteiger partial charge in [-0.05, 0) is 35.7 Å². The molecule has 2 aromatic carbocycles. The third-order valence-corrected chi connectivity index (χ3v) is 2.93. The minimum Gasteiger partial charge on any atom is -0.496 e. The minimum atomic E-state index is 0.842. The van der Waals surface area contributed by atoms with Crippen LogP contribution in [0.1, 0.15) is 16.7 Å². The van der Waals surface area contributed by atoms with Gasteiger partial charge in [0.2, 0.25) is 0 Å². The first kappa shape index (κ1) is 11.5. The topological polar surface area (TPSA) is 35.2 Å². The fourth-order valence-electron chi connectivity index (χ4n) is 1.87. The Morgan fingerprint density at radius 2 is 1.88 bits per heavy atom. The molecule has 0 bridgehead atoms. The van der Waals surface area contributed by atoms with Crippen LogP contribution in [0.15, 0.2) is 42.5 Å². The van der Waals surface area contributed by atoms with Gasteiger partial charge in [-0.1, -0.05) is 30.3 Å². The number of benzene rings is 2. The average molecular weight is 227 g/mol. The van der Waals surface area contributed by atoms with Crippen molar-refractivity contribution in [3.63, 3.8) is 0 Å². The largest absolute Gasteiger partial charge is 0.496 e. The zero-order valence-corrected chi connectivity index (χ0v) is 10.2. The molecule has 2 N–H and O–H groups in total. The van der Waals surface area contributed by atoms with Crippen molar-refractivity contribution in [2.45, 2.75) is 13.3 Å². The van der Waals surface area contributed by atoms with Crippen LogP contribution >= 0.6 is 0 Å². The Labute approximate surface area is 102 Å². The van der Waals surface area contributed by atoms with Gasteiger partial charge in [0.15, 0.2) is 0 Å². The van der Waals surface area contributed by atoms with Crippen LogP contribution in [-0.4, -0.2) is 7.11 Å². The number of nitrogens with two attached hydrogens (primary N) is 1. The molecule has 0 radical (unpaired) electrons. The van der Waals surface area contributed by atoms with Crippen molar-refractivity contribution in [2.24, 2.45) is 0 Å². The Bertz CT molecular complexity index is 520. The number of hydrogen-bond donors (Lipinski definition) is 1. The minimum absolute atomic E-state index is 0.842. The summed E-state index contributed by atoms with van der Waals surface area (Å²) in [6, 6.07) is 14.3. The number of rotatable bonds is 3. The summed E-state index contributed by atoms with van der Waals surface area (Å²) >= 11 is 0. The predicted octanol–water partition coefficient (Wildman–Crippen LogP) is 3.18. The van der Waals surface area contributed by atoms with E-state index in [1.807, 2.05) is 31.2 Å². The SMILES string of the molecule is COc1ccccc1Cc1ccc(C)c(N)c1. The molecule has 2 aromatic rings. The Balaban J connectivity index is 2.28. The lowest BCUT2D eigenvalue weighted by molar-refractivity contribution is 0.410. The fourth-order valence-corrected chi connectivity index (χ4v) is 1.87. The molecule has 0 saturated heterocycles. The molecule has 2 nitrogen and oxygen atoms in total. The molecule has 0 spiro atoms. The van der Waals surface area contributed by atoms with Gasteiger partial charge in [0.25, 0.3) is 0 Å². The lowest BCUT2D eigenvalue weighted by atomic mass is 10.0. The van der Waals surface area contributed by atoms with Gasteiger partial charge in [0.05, 0.1) is 7.11 Å². The Morgan fingerprint density at radius 1 is 1.12 bits per heavy atom. The van der Waals surface area contributed by atoms with E-state index in [1.54, 1.807) is 7.11 Å². The predicted molar refractivity (Wildman–Crippen MR) is 71.4 cm³/mol. The maximum Gasteiger partial charge on any atom is 0.122 e. The number of nitrogen functional groups attached to an aromatic ring is 1. The molecule has 0 aliphatic carbocycles. The maximum absolute atomic E-state index is 5.91. The van der Waals surface area contributed by atoms with E-state index >= 15 is 0 Å². The van der Waals surface area contributed by atoms with Crippen molar-refractivity contribution in [3.8, 4) is 5.75 Å². The van der Waals surface area contributed by atoms with Crippen LogP contribution in [-0.2, 0) is 6.42 Å². The number of ether oxygens (including phenoxy) is 1. The zero-order chi connectivity index (χ0) is 12.3. The molecular weight excluding hydrogens is 210 g/mol. The van der Waals surface area contributed by atoms with E-state index in [1.165, 1.54) is 11.1 Å². The second-order valence-electron chi connectivity index (χ2n) is 4.18. The molecule has 0 amide bonds. The summed E-state index contributed by atoms with van der Waals surface area (Å²) in [4.78, 5) is 0. The van der Waals surface area contributed by atoms with Gasteiger partial charge in [-0.3, -0.25) is 0 Å². The molecule has 0 aromatic heterocycles. The number of para-hydroxylation sites is 1. The first-order chi connectivity index (χ1) is 8.20. The van der Waals surface area contributed by atoms with Crippen LogP contribution in [0.25, 0.3) is 0 Å². The molecule has 0 heterocycles. The van der Waals surface area contributed by atoms with Gasteiger partial charge >= 0.3 is 0 Å². The summed E-state index contributed by atoms with van der Waals surface area (Å²) in [5.74, 6) is 0.923. The summed E-state index contributed by atoms with van der Waals surface area (Å²) in [7, 11) is 1.70. The lowest BCUT2D eigenvalue weighted by Gasteiger charge is -2.09. The third kappa shape index (κ3) is 2.59. The van der Waals surface area contributed by atoms with Gasteiger partial charge in [-0.2, -0.15) is 0 Å². The monoisotopic (exact) mass is 227 g/mol. The van der Waals surface area contributed by atoms with Crippen LogP contribution in [0.2, 0.25) is 0 Å². The Hall–Kier alpha value is -1.96. The smallest absolute Gasteiger partial charge is 0.122 e. The van der Waals surface area contributed by atoms with Crippen LogP contribution < -0.4 is 10.5 Å². The van der Waals surface area contributed by atoms with Crippen molar-refractivity contribution >= 4 is 5.69 Å². The van der Waals surface area contributed by atoms with Crippen molar-refractivity contribution in [3.05, 3.63) is 59.2 Å². The molecule has 0 atom stereocenters. The van der Waals surface area contributed by atoms with Gasteiger partial charge in [-0.25, -0.2) is 0 Å². The molecular formula is C15H17NO. The fraction of sp³-hybridized carbons (Fsp3) is 0.200. The van der Waals surface area contributed by atoms with Gasteiger partial charge in [-0.15, -0.1) is 0 Å². The van der Waals surface area contributed by atoms with Crippen molar-refractivity contribution < 1.29 is 4.74 Å². The van der Waals surface area contributed by atoms with Crippen molar-refractivity contribution in [1.29, 1.82) is 0 Å². The maximum atomic E-state index is 5.91. The first-order valence-corrected chi connectivity index (χ1v) is 5.67. The van der Waals surface area contributed by atoms with E-state index in [0.29, 0.717) is 0 Å². The molecule has 0 aliphatic rings. The highest BCUT2D eigenvalue weighted by Gasteiger charge is 2.04. The molecule has 2 rings (SSSR count). The highest BCUT2D eigenvalue weighted by Crippen LogP contribution is 2.22. The highest BCUT2D eigenvalue weighted by molar-refractivity contribution is 5.50. The second-order valence-corrected chi connectivity index (χ2v) is 4.18. The summed E-state index contributed by atoms with van der Waals surface area (Å²) in [6.45, 7) is 2.02. The van der Waals surface area contributed by atoms with Crippen LogP contribution in [0.5, 0.6) is 5.75 Å². The Kier molecular flexibility index (Phi) is 3.33. The average Bonchev–Trinajstić information content (AvgIpc) is 2.34. The second kappa shape index (κ2) is 4.91. The summed E-state index contributed by atoms with van der Waals surface area (Å²) in [6.07, 6.45) is 0.842. The van der Waals surface area contributed by atoms with E-state index in [2.05, 4.69) is 18.2 Å². The van der Waals surface area contributed by atoms with E-state index in [-0.39, 0.29) is 0 Å². The van der Waals surface area contributed by atoms with E-state index in [0.717, 1.165) is 23.4 Å². The normalized spacial score (nSPS) is 10.2.